The normalized spacial score (nSPS) is 21.5. The minimum atomic E-state index is -1.26. The molecule has 3 atom stereocenters. The molecule has 0 radical (unpaired) electrons. The Balaban J connectivity index is 1.20. The molecule has 0 saturated carbocycles. The Kier molecular flexibility index (Phi) is 9.67. The number of rotatable bonds is 14. The van der Waals surface area contributed by atoms with E-state index in [2.05, 4.69) is 46.3 Å². The predicted molar refractivity (Wildman–Crippen MR) is 155 cm³/mol. The molecule has 2 aromatic rings. The third-order valence-electron chi connectivity index (χ3n) is 6.15. The number of aliphatic carboxylic acids is 1. The van der Waals surface area contributed by atoms with Crippen LogP contribution in [0.2, 0.25) is 0 Å². The largest absolute Gasteiger partial charge is 0.477 e. The maximum absolute atomic E-state index is 13.3. The number of fused-ring (bicyclic) bond motifs is 1. The van der Waals surface area contributed by atoms with Crippen LogP contribution >= 0.6 is 34.9 Å². The lowest BCUT2D eigenvalue weighted by molar-refractivity contribution is -0.143. The highest BCUT2D eigenvalue weighted by Crippen LogP contribution is 2.37. The van der Waals surface area contributed by atoms with Gasteiger partial charge in [-0.15, -0.1) is 28.2 Å². The molecule has 1 fully saturated rings. The van der Waals surface area contributed by atoms with Crippen LogP contribution in [0.15, 0.2) is 44.8 Å². The van der Waals surface area contributed by atoms with E-state index in [0.29, 0.717) is 23.1 Å². The zero-order valence-electron chi connectivity index (χ0n) is 22.4. The Morgan fingerprint density at radius 3 is 2.95 bits per heavy atom. The van der Waals surface area contributed by atoms with Gasteiger partial charge in [0.15, 0.2) is 16.6 Å². The van der Waals surface area contributed by atoms with Crippen LogP contribution in [0.1, 0.15) is 18.5 Å². The average molecular weight is 649 g/mol. The van der Waals surface area contributed by atoms with Gasteiger partial charge in [-0.3, -0.25) is 14.4 Å². The number of β-lactam (4-membered cyclic amide) rings is 1. The van der Waals surface area contributed by atoms with Crippen LogP contribution in [0, 0.1) is 0 Å². The summed E-state index contributed by atoms with van der Waals surface area (Å²) >= 11 is 3.88. The number of allylic oxidation sites excluding steroid dienone is 1. The number of amides is 3. The summed E-state index contributed by atoms with van der Waals surface area (Å²) in [6.45, 7) is -0.191. The van der Waals surface area contributed by atoms with Gasteiger partial charge in [-0.25, -0.2) is 14.5 Å². The van der Waals surface area contributed by atoms with E-state index in [9.17, 15) is 24.3 Å². The molecule has 4 heterocycles. The number of carbonyl (C=O) groups is 4. The molecule has 1 saturated heterocycles. The van der Waals surface area contributed by atoms with Crippen molar-refractivity contribution in [1.82, 2.24) is 35.4 Å². The fourth-order valence-electron chi connectivity index (χ4n) is 4.11. The highest BCUT2D eigenvalue weighted by molar-refractivity contribution is 8.01. The monoisotopic (exact) mass is 648 g/mol. The van der Waals surface area contributed by atoms with Crippen molar-refractivity contribution < 1.29 is 34.0 Å². The molecular formula is C23H24N10O7S3. The molecule has 3 N–H and O–H groups in total. The average Bonchev–Trinajstić information content (AvgIpc) is 3.78. The number of anilines is 1. The van der Waals surface area contributed by atoms with E-state index < -0.39 is 17.9 Å². The van der Waals surface area contributed by atoms with Gasteiger partial charge >= 0.3 is 5.97 Å². The smallest absolute Gasteiger partial charge is 0.355 e. The van der Waals surface area contributed by atoms with E-state index in [-0.39, 0.29) is 46.2 Å². The Bertz CT molecular complexity index is 1520. The molecule has 20 heteroatoms. The second-order valence-electron chi connectivity index (χ2n) is 9.01. The number of carboxylic acids is 1. The van der Waals surface area contributed by atoms with E-state index in [1.165, 1.54) is 35.3 Å². The van der Waals surface area contributed by atoms with Crippen molar-refractivity contribution in [3.05, 3.63) is 35.0 Å². The first-order chi connectivity index (χ1) is 20.9. The highest BCUT2D eigenvalue weighted by atomic mass is 32.2. The fourth-order valence-corrected chi connectivity index (χ4v) is 6.99. The summed E-state index contributed by atoms with van der Waals surface area (Å²) in [5, 5.41) is 35.3. The second-order valence-corrected chi connectivity index (χ2v) is 11.9. The number of thioether (sulfide) groups is 2. The number of hydrogen-bond acceptors (Lipinski definition) is 15. The Morgan fingerprint density at radius 2 is 2.21 bits per heavy atom. The van der Waals surface area contributed by atoms with Gasteiger partial charge in [0.05, 0.1) is 6.54 Å². The number of oxime groups is 2. The SMILES string of the molecule is CON=C(Cn1nnnc1SCC1=CN2C(=O)C(NC(=O)C(=NOC3C=CCC3)c3csc(NC=O)n3)[C@H]2SC1)C(=O)O. The van der Waals surface area contributed by atoms with Crippen LogP contribution in [-0.2, 0) is 35.4 Å². The molecule has 0 aromatic carbocycles. The highest BCUT2D eigenvalue weighted by Gasteiger charge is 2.49. The molecule has 0 spiro atoms. The van der Waals surface area contributed by atoms with Crippen LogP contribution in [0.25, 0.3) is 0 Å². The first kappa shape index (κ1) is 30.2. The molecule has 2 aliphatic heterocycles. The van der Waals surface area contributed by atoms with Crippen molar-refractivity contribution in [3.8, 4) is 0 Å². The molecule has 3 amide bonds. The Labute approximate surface area is 255 Å². The number of thiazole rings is 1. The lowest BCUT2D eigenvalue weighted by atomic mass is 10.1. The molecule has 2 aromatic heterocycles. The number of carboxylic acid groups (broad SMARTS) is 1. The maximum atomic E-state index is 13.3. The number of aromatic nitrogens is 5. The van der Waals surface area contributed by atoms with Gasteiger partial charge in [0.2, 0.25) is 11.6 Å². The minimum Gasteiger partial charge on any atom is -0.477 e. The lowest BCUT2D eigenvalue weighted by Gasteiger charge is -2.47. The van der Waals surface area contributed by atoms with Gasteiger partial charge in [0.25, 0.3) is 11.8 Å². The zero-order valence-corrected chi connectivity index (χ0v) is 24.8. The molecule has 17 nitrogen and oxygen atoms in total. The van der Waals surface area contributed by atoms with Crippen LogP contribution in [0.3, 0.4) is 0 Å². The molecule has 43 heavy (non-hydrogen) atoms. The molecule has 5 rings (SSSR count). The summed E-state index contributed by atoms with van der Waals surface area (Å²) in [5.41, 5.74) is 0.754. The zero-order chi connectivity index (χ0) is 30.3. The van der Waals surface area contributed by atoms with Crippen LogP contribution < -0.4 is 10.6 Å². The van der Waals surface area contributed by atoms with Crippen molar-refractivity contribution >= 4 is 75.6 Å². The van der Waals surface area contributed by atoms with Crippen LogP contribution in [0.4, 0.5) is 5.13 Å². The molecular weight excluding hydrogens is 625 g/mol. The van der Waals surface area contributed by atoms with E-state index in [0.717, 1.165) is 29.8 Å². The number of nitrogens with one attached hydrogen (secondary N) is 2. The number of tetrazole rings is 1. The molecule has 0 bridgehead atoms. The molecule has 1 aliphatic carbocycles. The summed E-state index contributed by atoms with van der Waals surface area (Å²) in [4.78, 5) is 64.3. The van der Waals surface area contributed by atoms with Crippen molar-refractivity contribution in [2.75, 3.05) is 23.9 Å². The Hall–Kier alpha value is -4.30. The quantitative estimate of drug-likeness (QED) is 0.0628. The van der Waals surface area contributed by atoms with Crippen molar-refractivity contribution in [3.63, 3.8) is 0 Å². The summed E-state index contributed by atoms with van der Waals surface area (Å²) < 4.78 is 1.29. The third kappa shape index (κ3) is 7.03. The molecule has 3 aliphatic rings. The summed E-state index contributed by atoms with van der Waals surface area (Å²) in [6, 6.07) is -0.785. The summed E-state index contributed by atoms with van der Waals surface area (Å²) in [5.74, 6) is -1.16. The molecule has 2 unspecified atom stereocenters. The topological polar surface area (TPSA) is 215 Å². The van der Waals surface area contributed by atoms with Crippen molar-refractivity contribution in [2.45, 2.75) is 42.1 Å². The van der Waals surface area contributed by atoms with Crippen molar-refractivity contribution in [2.24, 2.45) is 10.3 Å². The van der Waals surface area contributed by atoms with E-state index >= 15 is 0 Å². The first-order valence-electron chi connectivity index (χ1n) is 12.6. The predicted octanol–water partition coefficient (Wildman–Crippen LogP) is 0.300. The van der Waals surface area contributed by atoms with Crippen molar-refractivity contribution in [1.29, 1.82) is 0 Å². The van der Waals surface area contributed by atoms with Gasteiger partial charge < -0.3 is 30.3 Å². The van der Waals surface area contributed by atoms with Gasteiger partial charge in [0.1, 0.15) is 30.3 Å². The number of hydrogen-bond donors (Lipinski definition) is 3. The van der Waals surface area contributed by atoms with E-state index in [1.54, 1.807) is 16.5 Å². The van der Waals surface area contributed by atoms with E-state index in [4.69, 9.17) is 4.84 Å². The first-order valence-corrected chi connectivity index (χ1v) is 15.5. The van der Waals surface area contributed by atoms with Gasteiger partial charge in [-0.2, -0.15) is 0 Å². The lowest BCUT2D eigenvalue weighted by Crippen LogP contribution is -2.69. The standard InChI is InChI=1S/C23H24N10O7S3/c1-39-28-14(21(37)38)7-33-23(27-30-31-33)43-9-12-6-32-19(36)17(20(32)41-8-12)26-18(35)16(29-40-13-4-2-3-5-13)15-10-42-22(25-15)24-11-34/h2,4,6,10-11,13,17,20H,3,5,7-9H2,1H3,(H,26,35)(H,37,38)(H,24,25,34)/t13?,17?,20-/m1/s1. The van der Waals surface area contributed by atoms with Crippen LogP contribution in [0.5, 0.6) is 0 Å². The van der Waals surface area contributed by atoms with Gasteiger partial charge in [-0.1, -0.05) is 28.1 Å². The third-order valence-corrected chi connectivity index (χ3v) is 9.37. The number of carbonyl (C=O) groups excluding carboxylic acids is 3. The minimum absolute atomic E-state index is 0.102. The number of nitrogens with zero attached hydrogens (tertiary/aromatic N) is 8. The van der Waals surface area contributed by atoms with Gasteiger partial charge in [0, 0.05) is 23.1 Å². The summed E-state index contributed by atoms with van der Waals surface area (Å²) in [7, 11) is 1.24. The maximum Gasteiger partial charge on any atom is 0.355 e. The Morgan fingerprint density at radius 1 is 1.35 bits per heavy atom. The second kappa shape index (κ2) is 13.8. The summed E-state index contributed by atoms with van der Waals surface area (Å²) in [6.07, 6.45) is 7.35. The molecule has 226 valence electrons. The van der Waals surface area contributed by atoms with Crippen LogP contribution in [-0.4, -0.2) is 107 Å². The van der Waals surface area contributed by atoms with E-state index in [1.807, 2.05) is 12.2 Å². The fraction of sp³-hybridized carbons (Fsp3) is 0.391. The van der Waals surface area contributed by atoms with Gasteiger partial charge in [-0.05, 0) is 34.9 Å².